The monoisotopic (exact) mass is 300 g/mol. The number of hydrogen-bond acceptors (Lipinski definition) is 4. The van der Waals surface area contributed by atoms with Crippen molar-refractivity contribution in [2.75, 3.05) is 0 Å². The fraction of sp³-hybridized carbons (Fsp3) is 0.143. The number of halogens is 1. The quantitative estimate of drug-likeness (QED) is 0.699. The highest BCUT2D eigenvalue weighted by molar-refractivity contribution is 6.30. The van der Waals surface area contributed by atoms with Gasteiger partial charge in [0.25, 0.3) is 5.95 Å². The molecule has 6 nitrogen and oxygen atoms in total. The van der Waals surface area contributed by atoms with Gasteiger partial charge in [-0.2, -0.15) is 14.9 Å². The van der Waals surface area contributed by atoms with Crippen molar-refractivity contribution < 1.29 is 0 Å². The first-order chi connectivity index (χ1) is 10.1. The molecular weight excluding hydrogens is 288 g/mol. The zero-order valence-corrected chi connectivity index (χ0v) is 12.4. The molecule has 0 aliphatic carbocycles. The van der Waals surface area contributed by atoms with Gasteiger partial charge < -0.3 is 0 Å². The molecule has 0 saturated carbocycles. The molecule has 0 spiro atoms. The summed E-state index contributed by atoms with van der Waals surface area (Å²) in [5.41, 5.74) is 2.83. The minimum absolute atomic E-state index is 0.547. The third-order valence-corrected chi connectivity index (χ3v) is 3.17. The van der Waals surface area contributed by atoms with Crippen LogP contribution in [0.1, 0.15) is 17.0 Å². The molecule has 0 atom stereocenters. The highest BCUT2D eigenvalue weighted by Gasteiger charge is 2.10. The summed E-state index contributed by atoms with van der Waals surface area (Å²) in [7, 11) is 0. The highest BCUT2D eigenvalue weighted by Crippen LogP contribution is 2.10. The van der Waals surface area contributed by atoms with Gasteiger partial charge in [-0.1, -0.05) is 23.7 Å². The molecule has 2 aromatic heterocycles. The maximum atomic E-state index is 5.86. The largest absolute Gasteiger partial charge is 0.273 e. The Morgan fingerprint density at radius 3 is 2.62 bits per heavy atom. The second-order valence-electron chi connectivity index (χ2n) is 4.61. The van der Waals surface area contributed by atoms with E-state index < -0.39 is 0 Å². The summed E-state index contributed by atoms with van der Waals surface area (Å²) in [5.74, 6) is 0.547. The Morgan fingerprint density at radius 1 is 1.19 bits per heavy atom. The van der Waals surface area contributed by atoms with E-state index in [-0.39, 0.29) is 0 Å². The zero-order chi connectivity index (χ0) is 14.8. The Bertz CT molecular complexity index is 784. The van der Waals surface area contributed by atoms with Crippen LogP contribution in [0.3, 0.4) is 0 Å². The number of aromatic nitrogens is 5. The van der Waals surface area contributed by atoms with Crippen molar-refractivity contribution in [3.63, 3.8) is 0 Å². The predicted molar refractivity (Wildman–Crippen MR) is 81.1 cm³/mol. The van der Waals surface area contributed by atoms with E-state index >= 15 is 0 Å². The van der Waals surface area contributed by atoms with Crippen LogP contribution in [0.5, 0.6) is 0 Å². The first-order valence-electron chi connectivity index (χ1n) is 6.37. The second kappa shape index (κ2) is 5.49. The SMILES string of the molecule is Cc1cc(C)n(-c2nncn2/N=C\c2ccc(Cl)cc2)n1. The lowest BCUT2D eigenvalue weighted by atomic mass is 10.2. The molecule has 2 heterocycles. The van der Waals surface area contributed by atoms with E-state index in [4.69, 9.17) is 11.6 Å². The van der Waals surface area contributed by atoms with Gasteiger partial charge in [-0.05, 0) is 37.6 Å². The Hall–Kier alpha value is -2.47. The van der Waals surface area contributed by atoms with Gasteiger partial charge in [0.05, 0.1) is 11.9 Å². The van der Waals surface area contributed by atoms with Crippen molar-refractivity contribution >= 4 is 17.8 Å². The molecular formula is C14H13ClN6. The standard InChI is InChI=1S/C14H13ClN6/c1-10-7-11(2)21(19-10)14-18-16-9-20(14)17-8-12-3-5-13(15)6-4-12/h3-9H,1-2H3/b17-8-. The molecule has 0 saturated heterocycles. The molecule has 0 aliphatic heterocycles. The van der Waals surface area contributed by atoms with Crippen LogP contribution in [0.25, 0.3) is 5.95 Å². The number of benzene rings is 1. The number of rotatable bonds is 3. The molecule has 0 bridgehead atoms. The molecule has 3 rings (SSSR count). The average Bonchev–Trinajstić information content (AvgIpc) is 3.04. The van der Waals surface area contributed by atoms with Crippen molar-refractivity contribution in [3.8, 4) is 5.95 Å². The zero-order valence-electron chi connectivity index (χ0n) is 11.6. The smallest absolute Gasteiger partial charge is 0.202 e. The van der Waals surface area contributed by atoms with E-state index in [9.17, 15) is 0 Å². The van der Waals surface area contributed by atoms with Gasteiger partial charge in [-0.3, -0.25) is 0 Å². The molecule has 0 amide bonds. The Balaban J connectivity index is 1.92. The lowest BCUT2D eigenvalue weighted by molar-refractivity contribution is 0.717. The van der Waals surface area contributed by atoms with E-state index in [1.165, 1.54) is 6.33 Å². The normalized spacial score (nSPS) is 11.4. The van der Waals surface area contributed by atoms with Crippen molar-refractivity contribution in [1.82, 2.24) is 24.7 Å². The van der Waals surface area contributed by atoms with Crippen molar-refractivity contribution in [1.29, 1.82) is 0 Å². The molecule has 21 heavy (non-hydrogen) atoms. The molecule has 7 heteroatoms. The predicted octanol–water partition coefficient (Wildman–Crippen LogP) is 2.62. The van der Waals surface area contributed by atoms with Gasteiger partial charge in [-0.15, -0.1) is 10.2 Å². The first-order valence-corrected chi connectivity index (χ1v) is 6.75. The van der Waals surface area contributed by atoms with E-state index in [0.717, 1.165) is 17.0 Å². The molecule has 1 aromatic carbocycles. The summed E-state index contributed by atoms with van der Waals surface area (Å²) in [5, 5.41) is 17.4. The van der Waals surface area contributed by atoms with Crippen LogP contribution in [-0.4, -0.2) is 30.9 Å². The summed E-state index contributed by atoms with van der Waals surface area (Å²) in [4.78, 5) is 0. The van der Waals surface area contributed by atoms with Crippen molar-refractivity contribution in [3.05, 3.63) is 58.6 Å². The summed E-state index contributed by atoms with van der Waals surface area (Å²) >= 11 is 5.86. The summed E-state index contributed by atoms with van der Waals surface area (Å²) < 4.78 is 3.29. The second-order valence-corrected chi connectivity index (χ2v) is 5.05. The Labute approximate surface area is 126 Å². The Morgan fingerprint density at radius 2 is 1.95 bits per heavy atom. The minimum atomic E-state index is 0.547. The third kappa shape index (κ3) is 2.85. The van der Waals surface area contributed by atoms with Crippen LogP contribution in [0.15, 0.2) is 41.8 Å². The molecule has 0 N–H and O–H groups in total. The van der Waals surface area contributed by atoms with Crippen LogP contribution in [0.2, 0.25) is 5.02 Å². The number of nitrogens with zero attached hydrogens (tertiary/aromatic N) is 6. The van der Waals surface area contributed by atoms with Gasteiger partial charge in [0.15, 0.2) is 0 Å². The molecule has 0 unspecified atom stereocenters. The fourth-order valence-corrected chi connectivity index (χ4v) is 2.08. The molecule has 0 fully saturated rings. The summed E-state index contributed by atoms with van der Waals surface area (Å²) in [6.07, 6.45) is 3.26. The van der Waals surface area contributed by atoms with Crippen molar-refractivity contribution in [2.45, 2.75) is 13.8 Å². The van der Waals surface area contributed by atoms with Crippen LogP contribution in [0, 0.1) is 13.8 Å². The number of hydrogen-bond donors (Lipinski definition) is 0. The lowest BCUT2D eigenvalue weighted by Crippen LogP contribution is -2.06. The minimum Gasteiger partial charge on any atom is -0.202 e. The van der Waals surface area contributed by atoms with E-state index in [1.54, 1.807) is 15.6 Å². The lowest BCUT2D eigenvalue weighted by Gasteiger charge is -2.02. The van der Waals surface area contributed by atoms with Gasteiger partial charge in [-0.25, -0.2) is 4.68 Å². The maximum absolute atomic E-state index is 5.86. The molecule has 3 aromatic rings. The summed E-state index contributed by atoms with van der Waals surface area (Å²) in [6.45, 7) is 3.89. The fourth-order valence-electron chi connectivity index (χ4n) is 1.95. The average molecular weight is 301 g/mol. The van der Waals surface area contributed by atoms with E-state index in [2.05, 4.69) is 20.4 Å². The van der Waals surface area contributed by atoms with Gasteiger partial charge in [0, 0.05) is 10.7 Å². The van der Waals surface area contributed by atoms with Gasteiger partial charge >= 0.3 is 0 Å². The van der Waals surface area contributed by atoms with E-state index in [1.807, 2.05) is 44.2 Å². The van der Waals surface area contributed by atoms with E-state index in [0.29, 0.717) is 11.0 Å². The van der Waals surface area contributed by atoms with Gasteiger partial charge in [0.1, 0.15) is 6.33 Å². The molecule has 106 valence electrons. The van der Waals surface area contributed by atoms with Crippen LogP contribution >= 0.6 is 11.6 Å². The van der Waals surface area contributed by atoms with Gasteiger partial charge in [0.2, 0.25) is 0 Å². The van der Waals surface area contributed by atoms with Crippen LogP contribution < -0.4 is 0 Å². The highest BCUT2D eigenvalue weighted by atomic mass is 35.5. The molecule has 0 radical (unpaired) electrons. The maximum Gasteiger partial charge on any atom is 0.273 e. The van der Waals surface area contributed by atoms with Crippen LogP contribution in [-0.2, 0) is 0 Å². The molecule has 0 aliphatic rings. The van der Waals surface area contributed by atoms with Crippen LogP contribution in [0.4, 0.5) is 0 Å². The third-order valence-electron chi connectivity index (χ3n) is 2.91. The Kier molecular flexibility index (Phi) is 3.53. The topological polar surface area (TPSA) is 60.9 Å². The summed E-state index contributed by atoms with van der Waals surface area (Å²) in [6, 6.07) is 9.38. The van der Waals surface area contributed by atoms with Crippen molar-refractivity contribution in [2.24, 2.45) is 5.10 Å². The number of aryl methyl sites for hydroxylation is 2. The first kappa shape index (κ1) is 13.5.